The molecule has 0 unspecified atom stereocenters. The second-order valence-corrected chi connectivity index (χ2v) is 7.37. The van der Waals surface area contributed by atoms with Crippen LogP contribution in [0, 0.1) is 13.8 Å². The van der Waals surface area contributed by atoms with E-state index in [2.05, 4.69) is 5.32 Å². The molecule has 30 heavy (non-hydrogen) atoms. The number of carbonyl (C=O) groups excluding carboxylic acids is 2. The molecule has 3 aromatic rings. The van der Waals surface area contributed by atoms with Crippen LogP contribution < -0.4 is 19.5 Å². The lowest BCUT2D eigenvalue weighted by molar-refractivity contribution is -0.695. The van der Waals surface area contributed by atoms with Gasteiger partial charge in [0.25, 0.3) is 11.8 Å². The molecule has 152 valence electrons. The first-order valence-corrected chi connectivity index (χ1v) is 9.81. The molecule has 1 atom stereocenters. The number of hydrogen-bond donors (Lipinski definition) is 1. The first-order chi connectivity index (χ1) is 14.5. The van der Waals surface area contributed by atoms with E-state index in [0.717, 1.165) is 22.5 Å². The van der Waals surface area contributed by atoms with Gasteiger partial charge in [-0.2, -0.15) is 4.57 Å². The molecule has 0 radical (unpaired) electrons. The van der Waals surface area contributed by atoms with E-state index in [4.69, 9.17) is 4.74 Å². The van der Waals surface area contributed by atoms with Gasteiger partial charge in [-0.25, -0.2) is 0 Å². The molecule has 2 heterocycles. The van der Waals surface area contributed by atoms with Crippen LogP contribution in [0.4, 0.5) is 11.4 Å². The number of pyridine rings is 1. The number of rotatable bonds is 4. The molecular weight excluding hydrogens is 378 g/mol. The molecule has 0 saturated carbocycles. The van der Waals surface area contributed by atoms with Crippen molar-refractivity contribution >= 4 is 23.2 Å². The van der Waals surface area contributed by atoms with Crippen LogP contribution in [0.3, 0.4) is 0 Å². The Bertz CT molecular complexity index is 1090. The predicted octanol–water partition coefficient (Wildman–Crippen LogP) is 3.33. The zero-order valence-electron chi connectivity index (χ0n) is 17.3. The van der Waals surface area contributed by atoms with Crippen LogP contribution in [0.1, 0.15) is 22.9 Å². The second kappa shape index (κ2) is 7.99. The number of carbonyl (C=O) groups is 2. The van der Waals surface area contributed by atoms with Crippen molar-refractivity contribution in [3.05, 3.63) is 83.7 Å². The zero-order chi connectivity index (χ0) is 21.3. The number of nitrogens with zero attached hydrogens (tertiary/aromatic N) is 2. The summed E-state index contributed by atoms with van der Waals surface area (Å²) in [6.07, 6.45) is 1.83. The molecule has 4 rings (SSSR count). The molecule has 1 aromatic heterocycles. The number of para-hydroxylation sites is 1. The van der Waals surface area contributed by atoms with Crippen molar-refractivity contribution in [3.8, 4) is 5.75 Å². The van der Waals surface area contributed by atoms with Gasteiger partial charge in [-0.05, 0) is 49.2 Å². The summed E-state index contributed by atoms with van der Waals surface area (Å²) in [5, 5.41) is 3.06. The lowest BCUT2D eigenvalue weighted by Gasteiger charge is -2.32. The van der Waals surface area contributed by atoms with E-state index >= 15 is 0 Å². The van der Waals surface area contributed by atoms with Crippen molar-refractivity contribution in [1.82, 2.24) is 0 Å². The minimum absolute atomic E-state index is 0.148. The molecule has 1 N–H and O–H groups in total. The highest BCUT2D eigenvalue weighted by atomic mass is 16.5. The Morgan fingerprint density at radius 3 is 2.40 bits per heavy atom. The summed E-state index contributed by atoms with van der Waals surface area (Å²) in [6.45, 7) is 4.09. The standard InChI is InChI=1S/C24H23N3O3/c1-16-7-6-8-17(2)22(16)25-24(29)23-20-9-4-5-14-26(20)15-21(28)27(23)18-10-12-19(30-3)13-11-18/h4-14,23H,15H2,1-3H3/p+1/t23-/m1/s1. The fourth-order valence-corrected chi connectivity index (χ4v) is 3.87. The van der Waals surface area contributed by atoms with Gasteiger partial charge in [0.15, 0.2) is 6.20 Å². The average molecular weight is 402 g/mol. The molecular formula is C24H24N3O3+. The monoisotopic (exact) mass is 402 g/mol. The molecule has 2 amide bonds. The molecule has 1 aliphatic rings. The Morgan fingerprint density at radius 2 is 1.73 bits per heavy atom. The number of fused-ring (bicyclic) bond motifs is 1. The number of benzene rings is 2. The summed E-state index contributed by atoms with van der Waals surface area (Å²) >= 11 is 0. The van der Waals surface area contributed by atoms with Gasteiger partial charge in [0, 0.05) is 23.5 Å². The summed E-state index contributed by atoms with van der Waals surface area (Å²) in [5.41, 5.74) is 4.14. The highest BCUT2D eigenvalue weighted by Crippen LogP contribution is 2.32. The van der Waals surface area contributed by atoms with Crippen LogP contribution in [0.2, 0.25) is 0 Å². The van der Waals surface area contributed by atoms with E-state index in [1.807, 2.05) is 61.0 Å². The quantitative estimate of drug-likeness (QED) is 0.681. The van der Waals surface area contributed by atoms with Crippen molar-refractivity contribution in [2.75, 3.05) is 17.3 Å². The van der Waals surface area contributed by atoms with Crippen LogP contribution in [-0.2, 0) is 16.1 Å². The van der Waals surface area contributed by atoms with E-state index < -0.39 is 6.04 Å². The normalized spacial score (nSPS) is 15.5. The number of nitrogens with one attached hydrogen (secondary N) is 1. The molecule has 6 nitrogen and oxygen atoms in total. The number of aromatic nitrogens is 1. The Morgan fingerprint density at radius 1 is 1.03 bits per heavy atom. The van der Waals surface area contributed by atoms with Gasteiger partial charge < -0.3 is 10.1 Å². The number of methoxy groups -OCH3 is 1. The first-order valence-electron chi connectivity index (χ1n) is 9.81. The molecule has 0 fully saturated rings. The Balaban J connectivity index is 1.78. The maximum atomic E-state index is 13.5. The predicted molar refractivity (Wildman–Crippen MR) is 114 cm³/mol. The minimum Gasteiger partial charge on any atom is -0.497 e. The third-order valence-electron chi connectivity index (χ3n) is 5.42. The number of hydrogen-bond acceptors (Lipinski definition) is 3. The molecule has 0 bridgehead atoms. The van der Waals surface area contributed by atoms with Crippen LogP contribution in [0.15, 0.2) is 66.9 Å². The van der Waals surface area contributed by atoms with Gasteiger partial charge in [0.2, 0.25) is 18.3 Å². The van der Waals surface area contributed by atoms with Gasteiger partial charge in [-0.1, -0.05) is 24.3 Å². The zero-order valence-corrected chi connectivity index (χ0v) is 17.3. The van der Waals surface area contributed by atoms with Gasteiger partial charge in [0.05, 0.1) is 7.11 Å². The van der Waals surface area contributed by atoms with E-state index in [1.165, 1.54) is 0 Å². The average Bonchev–Trinajstić information content (AvgIpc) is 2.75. The molecule has 2 aromatic carbocycles. The van der Waals surface area contributed by atoms with Gasteiger partial charge in [-0.3, -0.25) is 14.5 Å². The maximum absolute atomic E-state index is 13.5. The van der Waals surface area contributed by atoms with E-state index in [0.29, 0.717) is 11.4 Å². The number of amides is 2. The minimum atomic E-state index is -0.792. The van der Waals surface area contributed by atoms with Gasteiger partial charge in [-0.15, -0.1) is 0 Å². The highest BCUT2D eigenvalue weighted by Gasteiger charge is 2.43. The summed E-state index contributed by atoms with van der Waals surface area (Å²) in [5.74, 6) is 0.288. The van der Waals surface area contributed by atoms with E-state index in [1.54, 1.807) is 36.3 Å². The van der Waals surface area contributed by atoms with E-state index in [9.17, 15) is 9.59 Å². The van der Waals surface area contributed by atoms with Gasteiger partial charge >= 0.3 is 0 Å². The molecule has 0 aliphatic carbocycles. The summed E-state index contributed by atoms with van der Waals surface area (Å²) in [7, 11) is 1.59. The van der Waals surface area contributed by atoms with Crippen molar-refractivity contribution in [3.63, 3.8) is 0 Å². The first kappa shape index (κ1) is 19.6. The Labute approximate surface area is 175 Å². The summed E-state index contributed by atoms with van der Waals surface area (Å²) in [6, 6.07) is 17.9. The van der Waals surface area contributed by atoms with Crippen LogP contribution in [-0.4, -0.2) is 18.9 Å². The van der Waals surface area contributed by atoms with Crippen molar-refractivity contribution < 1.29 is 18.9 Å². The topological polar surface area (TPSA) is 62.5 Å². The molecule has 0 spiro atoms. The lowest BCUT2D eigenvalue weighted by atomic mass is 10.0. The lowest BCUT2D eigenvalue weighted by Crippen LogP contribution is -2.58. The van der Waals surface area contributed by atoms with Crippen LogP contribution in [0.5, 0.6) is 5.75 Å². The molecule has 6 heteroatoms. The van der Waals surface area contributed by atoms with Gasteiger partial charge in [0.1, 0.15) is 5.75 Å². The third-order valence-corrected chi connectivity index (χ3v) is 5.42. The number of anilines is 2. The fraction of sp³-hybridized carbons (Fsp3) is 0.208. The van der Waals surface area contributed by atoms with E-state index in [-0.39, 0.29) is 18.4 Å². The summed E-state index contributed by atoms with van der Waals surface area (Å²) in [4.78, 5) is 28.2. The molecule has 0 saturated heterocycles. The molecule has 1 aliphatic heterocycles. The number of aryl methyl sites for hydroxylation is 2. The van der Waals surface area contributed by atoms with Crippen LogP contribution in [0.25, 0.3) is 0 Å². The second-order valence-electron chi connectivity index (χ2n) is 7.37. The third kappa shape index (κ3) is 3.52. The smallest absolute Gasteiger partial charge is 0.294 e. The SMILES string of the molecule is COc1ccc(N2C(=O)C[n+]3ccccc3[C@@H]2C(=O)Nc2c(C)cccc2C)cc1. The van der Waals surface area contributed by atoms with Crippen molar-refractivity contribution in [2.24, 2.45) is 0 Å². The maximum Gasteiger partial charge on any atom is 0.294 e. The Kier molecular flexibility index (Phi) is 5.23. The van der Waals surface area contributed by atoms with Crippen molar-refractivity contribution in [1.29, 1.82) is 0 Å². The Hall–Kier alpha value is -3.67. The highest BCUT2D eigenvalue weighted by molar-refractivity contribution is 6.05. The van der Waals surface area contributed by atoms with Crippen molar-refractivity contribution in [2.45, 2.75) is 26.4 Å². The number of ether oxygens (including phenoxy) is 1. The summed E-state index contributed by atoms with van der Waals surface area (Å²) < 4.78 is 7.06. The van der Waals surface area contributed by atoms with Crippen LogP contribution >= 0.6 is 0 Å². The largest absolute Gasteiger partial charge is 0.497 e. The fourth-order valence-electron chi connectivity index (χ4n) is 3.87.